The van der Waals surface area contributed by atoms with Crippen LogP contribution in [0.15, 0.2) is 59.8 Å². The maximum atomic E-state index is 12.3. The molecule has 0 spiro atoms. The van der Waals surface area contributed by atoms with Crippen molar-refractivity contribution in [2.24, 2.45) is 5.14 Å². The molecule has 0 saturated heterocycles. The number of amides is 1. The first-order chi connectivity index (χ1) is 12.4. The second-order valence-electron chi connectivity index (χ2n) is 5.50. The Morgan fingerprint density at radius 2 is 1.92 bits per heavy atom. The number of carbonyl (C=O) groups excluding carboxylic acids is 1. The van der Waals surface area contributed by atoms with E-state index >= 15 is 0 Å². The Labute approximate surface area is 149 Å². The minimum Gasteiger partial charge on any atom is -0.352 e. The second kappa shape index (κ2) is 7.42. The summed E-state index contributed by atoms with van der Waals surface area (Å²) in [4.78, 5) is 12.3. The lowest BCUT2D eigenvalue weighted by atomic mass is 10.1. The van der Waals surface area contributed by atoms with Gasteiger partial charge in [-0.1, -0.05) is 18.2 Å². The number of carbonyl (C=O) groups is 1. The third-order valence-electron chi connectivity index (χ3n) is 3.67. The number of sulfonamides is 1. The number of hydrogen-bond donors (Lipinski definition) is 2. The van der Waals surface area contributed by atoms with Crippen LogP contribution < -0.4 is 10.5 Å². The Bertz CT molecular complexity index is 1000. The van der Waals surface area contributed by atoms with Gasteiger partial charge >= 0.3 is 0 Å². The molecule has 0 fully saturated rings. The zero-order chi connectivity index (χ0) is 18.6. The molecule has 10 heteroatoms. The molecule has 0 radical (unpaired) electrons. The average molecular weight is 372 g/mol. The van der Waals surface area contributed by atoms with Gasteiger partial charge in [0.25, 0.3) is 5.91 Å². The number of primary sulfonamides is 1. The van der Waals surface area contributed by atoms with Gasteiger partial charge in [-0.3, -0.25) is 4.79 Å². The summed E-state index contributed by atoms with van der Waals surface area (Å²) in [5.41, 5.74) is 2.06. The quantitative estimate of drug-likeness (QED) is 0.639. The standard InChI is InChI=1S/C16H16N6O3S/c17-26(24,25)15-6-4-12(5-7-15)8-9-18-16(23)13-2-1-3-14(10-13)22-11-19-20-21-22/h1-7,10-11H,8-9H2,(H,18,23)(H2,17,24,25). The van der Waals surface area contributed by atoms with Gasteiger partial charge in [0, 0.05) is 12.1 Å². The first-order valence-electron chi connectivity index (χ1n) is 7.67. The number of aromatic nitrogens is 4. The van der Waals surface area contributed by atoms with Crippen LogP contribution in [0.4, 0.5) is 0 Å². The molecule has 0 aliphatic rings. The van der Waals surface area contributed by atoms with E-state index in [0.717, 1.165) is 5.56 Å². The fourth-order valence-electron chi connectivity index (χ4n) is 2.34. The van der Waals surface area contributed by atoms with Crippen molar-refractivity contribution in [1.82, 2.24) is 25.5 Å². The average Bonchev–Trinajstić information content (AvgIpc) is 3.16. The molecular weight excluding hydrogens is 356 g/mol. The summed E-state index contributed by atoms with van der Waals surface area (Å²) in [5, 5.41) is 18.8. The minimum absolute atomic E-state index is 0.0599. The Kier molecular flexibility index (Phi) is 5.05. The van der Waals surface area contributed by atoms with Gasteiger partial charge in [0.15, 0.2) is 0 Å². The van der Waals surface area contributed by atoms with Crippen molar-refractivity contribution in [2.75, 3.05) is 6.54 Å². The molecule has 9 nitrogen and oxygen atoms in total. The van der Waals surface area contributed by atoms with Gasteiger partial charge in [0.1, 0.15) is 6.33 Å². The van der Waals surface area contributed by atoms with E-state index in [0.29, 0.717) is 24.2 Å². The molecular formula is C16H16N6O3S. The lowest BCUT2D eigenvalue weighted by molar-refractivity contribution is 0.0954. The highest BCUT2D eigenvalue weighted by Gasteiger charge is 2.09. The van der Waals surface area contributed by atoms with Gasteiger partial charge in [-0.2, -0.15) is 0 Å². The van der Waals surface area contributed by atoms with Crippen molar-refractivity contribution in [1.29, 1.82) is 0 Å². The first kappa shape index (κ1) is 17.7. The van der Waals surface area contributed by atoms with Crippen LogP contribution in [0.2, 0.25) is 0 Å². The highest BCUT2D eigenvalue weighted by Crippen LogP contribution is 2.10. The molecule has 0 aliphatic carbocycles. The van der Waals surface area contributed by atoms with Crippen molar-refractivity contribution < 1.29 is 13.2 Å². The van der Waals surface area contributed by atoms with Gasteiger partial charge in [-0.15, -0.1) is 5.10 Å². The lowest BCUT2D eigenvalue weighted by Gasteiger charge is -2.07. The molecule has 0 atom stereocenters. The number of tetrazole rings is 1. The second-order valence-corrected chi connectivity index (χ2v) is 7.06. The van der Waals surface area contributed by atoms with E-state index in [-0.39, 0.29) is 10.8 Å². The number of nitrogens with zero attached hydrogens (tertiary/aromatic N) is 4. The molecule has 134 valence electrons. The molecule has 0 saturated carbocycles. The third kappa shape index (κ3) is 4.29. The van der Waals surface area contributed by atoms with E-state index in [4.69, 9.17) is 5.14 Å². The summed E-state index contributed by atoms with van der Waals surface area (Å²) in [6.45, 7) is 0.405. The monoisotopic (exact) mass is 372 g/mol. The fraction of sp³-hybridized carbons (Fsp3) is 0.125. The number of rotatable bonds is 6. The van der Waals surface area contributed by atoms with Gasteiger partial charge in [-0.25, -0.2) is 18.2 Å². The van der Waals surface area contributed by atoms with Crippen LogP contribution in [0, 0.1) is 0 Å². The zero-order valence-corrected chi connectivity index (χ0v) is 14.4. The molecule has 0 unspecified atom stereocenters. The number of benzene rings is 2. The van der Waals surface area contributed by atoms with E-state index < -0.39 is 10.0 Å². The molecule has 3 N–H and O–H groups in total. The Morgan fingerprint density at radius 3 is 2.58 bits per heavy atom. The van der Waals surface area contributed by atoms with E-state index in [1.165, 1.54) is 23.1 Å². The van der Waals surface area contributed by atoms with Crippen molar-refractivity contribution in [2.45, 2.75) is 11.3 Å². The van der Waals surface area contributed by atoms with Crippen molar-refractivity contribution in [3.8, 4) is 5.69 Å². The maximum Gasteiger partial charge on any atom is 0.251 e. The number of nitrogens with one attached hydrogen (secondary N) is 1. The summed E-state index contributed by atoms with van der Waals surface area (Å²) in [6, 6.07) is 13.2. The molecule has 3 rings (SSSR count). The molecule has 26 heavy (non-hydrogen) atoms. The van der Waals surface area contributed by atoms with E-state index in [9.17, 15) is 13.2 Å². The molecule has 1 amide bonds. The van der Waals surface area contributed by atoms with E-state index in [1.807, 2.05) is 0 Å². The van der Waals surface area contributed by atoms with Crippen LogP contribution in [0.5, 0.6) is 0 Å². The van der Waals surface area contributed by atoms with Crippen molar-refractivity contribution in [3.05, 3.63) is 66.0 Å². The summed E-state index contributed by atoms with van der Waals surface area (Å²) in [6.07, 6.45) is 2.01. The molecule has 1 aromatic heterocycles. The Hall–Kier alpha value is -3.11. The van der Waals surface area contributed by atoms with Crippen molar-refractivity contribution >= 4 is 15.9 Å². The predicted octanol–water partition coefficient (Wildman–Crippen LogP) is 0.282. The molecule has 2 aromatic carbocycles. The van der Waals surface area contributed by atoms with E-state index in [1.54, 1.807) is 36.4 Å². The van der Waals surface area contributed by atoms with Crippen LogP contribution in [-0.4, -0.2) is 41.1 Å². The summed E-state index contributed by atoms with van der Waals surface area (Å²) in [5.74, 6) is -0.221. The normalized spacial score (nSPS) is 11.3. The van der Waals surface area contributed by atoms with Crippen LogP contribution in [-0.2, 0) is 16.4 Å². The molecule has 3 aromatic rings. The highest BCUT2D eigenvalue weighted by atomic mass is 32.2. The molecule has 0 aliphatic heterocycles. The Balaban J connectivity index is 1.58. The molecule has 0 bridgehead atoms. The SMILES string of the molecule is NS(=O)(=O)c1ccc(CCNC(=O)c2cccc(-n3cnnn3)c2)cc1. The van der Waals surface area contributed by atoms with Crippen LogP contribution >= 0.6 is 0 Å². The maximum absolute atomic E-state index is 12.3. The zero-order valence-electron chi connectivity index (χ0n) is 13.6. The van der Waals surface area contributed by atoms with Gasteiger partial charge in [0.2, 0.25) is 10.0 Å². The topological polar surface area (TPSA) is 133 Å². The Morgan fingerprint density at radius 1 is 1.15 bits per heavy atom. The lowest BCUT2D eigenvalue weighted by Crippen LogP contribution is -2.25. The number of nitrogens with two attached hydrogens (primary N) is 1. The summed E-state index contributed by atoms with van der Waals surface area (Å²) >= 11 is 0. The van der Waals surface area contributed by atoms with Crippen molar-refractivity contribution in [3.63, 3.8) is 0 Å². The number of hydrogen-bond acceptors (Lipinski definition) is 6. The fourth-order valence-corrected chi connectivity index (χ4v) is 2.85. The minimum atomic E-state index is -3.70. The van der Waals surface area contributed by atoms with Crippen LogP contribution in [0.3, 0.4) is 0 Å². The highest BCUT2D eigenvalue weighted by molar-refractivity contribution is 7.89. The summed E-state index contributed by atoms with van der Waals surface area (Å²) in [7, 11) is -3.70. The van der Waals surface area contributed by atoms with Crippen LogP contribution in [0.1, 0.15) is 15.9 Å². The third-order valence-corrected chi connectivity index (χ3v) is 4.60. The van der Waals surface area contributed by atoms with Gasteiger partial charge in [0.05, 0.1) is 10.6 Å². The van der Waals surface area contributed by atoms with E-state index in [2.05, 4.69) is 20.8 Å². The van der Waals surface area contributed by atoms with Gasteiger partial charge < -0.3 is 5.32 Å². The van der Waals surface area contributed by atoms with Gasteiger partial charge in [-0.05, 0) is 52.7 Å². The summed E-state index contributed by atoms with van der Waals surface area (Å²) < 4.78 is 23.9. The largest absolute Gasteiger partial charge is 0.352 e. The predicted molar refractivity (Wildman–Crippen MR) is 93.0 cm³/mol. The first-order valence-corrected chi connectivity index (χ1v) is 9.21. The van der Waals surface area contributed by atoms with Crippen LogP contribution in [0.25, 0.3) is 5.69 Å². The molecule has 1 heterocycles. The smallest absolute Gasteiger partial charge is 0.251 e.